The fourth-order valence-corrected chi connectivity index (χ4v) is 5.51. The molecule has 1 heterocycles. The van der Waals surface area contributed by atoms with E-state index in [1.54, 1.807) is 24.3 Å². The molecule has 5 rings (SSSR count). The number of thiocarbonyl (C=S) groups is 1. The van der Waals surface area contributed by atoms with E-state index in [2.05, 4.69) is 5.32 Å². The lowest BCUT2D eigenvalue weighted by Gasteiger charge is -2.29. The van der Waals surface area contributed by atoms with Crippen LogP contribution in [0.15, 0.2) is 118 Å². The van der Waals surface area contributed by atoms with E-state index in [1.165, 1.54) is 59.5 Å². The van der Waals surface area contributed by atoms with Crippen LogP contribution in [0.4, 0.5) is 5.69 Å². The largest absolute Gasteiger partial charge is 0.457 e. The number of benzene rings is 4. The summed E-state index contributed by atoms with van der Waals surface area (Å²) in [6, 6.07) is 27.7. The summed E-state index contributed by atoms with van der Waals surface area (Å²) in [5.74, 6) is -0.0328. The van der Waals surface area contributed by atoms with Gasteiger partial charge < -0.3 is 4.74 Å². The van der Waals surface area contributed by atoms with Crippen LogP contribution in [0.2, 0.25) is 5.02 Å². The molecule has 1 fully saturated rings. The van der Waals surface area contributed by atoms with E-state index in [0.29, 0.717) is 27.8 Å². The maximum absolute atomic E-state index is 13.3. The highest BCUT2D eigenvalue weighted by atomic mass is 35.5. The first-order valence-corrected chi connectivity index (χ1v) is 13.8. The molecule has 1 N–H and O–H groups in total. The number of nitrogens with one attached hydrogen (secondary N) is 1. The summed E-state index contributed by atoms with van der Waals surface area (Å²) in [6.45, 7) is 0. The highest BCUT2D eigenvalue weighted by molar-refractivity contribution is 7.91. The van der Waals surface area contributed by atoms with Gasteiger partial charge in [0.15, 0.2) is 5.11 Å². The maximum Gasteiger partial charge on any atom is 0.270 e. The van der Waals surface area contributed by atoms with E-state index in [0.717, 1.165) is 0 Å². The van der Waals surface area contributed by atoms with Gasteiger partial charge in [0.1, 0.15) is 17.1 Å². The van der Waals surface area contributed by atoms with Crippen LogP contribution in [-0.2, 0) is 19.4 Å². The van der Waals surface area contributed by atoms with E-state index in [4.69, 9.17) is 28.6 Å². The van der Waals surface area contributed by atoms with Crippen LogP contribution in [0.5, 0.6) is 11.5 Å². The summed E-state index contributed by atoms with van der Waals surface area (Å²) in [5, 5.41) is 2.91. The number of carbonyl (C=O) groups excluding carboxylic acids is 2. The summed E-state index contributed by atoms with van der Waals surface area (Å²) in [6.07, 6.45) is 1.39. The topological polar surface area (TPSA) is 92.8 Å². The van der Waals surface area contributed by atoms with Gasteiger partial charge in [-0.3, -0.25) is 19.8 Å². The van der Waals surface area contributed by atoms with Crippen LogP contribution in [-0.4, -0.2) is 25.3 Å². The van der Waals surface area contributed by atoms with Crippen LogP contribution < -0.4 is 15.0 Å². The molecule has 4 aromatic rings. The molecule has 194 valence electrons. The third-order valence-corrected chi connectivity index (χ3v) is 8.12. The Kier molecular flexibility index (Phi) is 7.30. The molecule has 0 spiro atoms. The first kappa shape index (κ1) is 26.3. The molecule has 0 atom stereocenters. The van der Waals surface area contributed by atoms with Gasteiger partial charge in [-0.15, -0.1) is 0 Å². The number of anilines is 1. The van der Waals surface area contributed by atoms with Crippen molar-refractivity contribution in [2.75, 3.05) is 4.90 Å². The highest BCUT2D eigenvalue weighted by Gasteiger charge is 2.34. The van der Waals surface area contributed by atoms with Crippen molar-refractivity contribution < 1.29 is 22.7 Å². The van der Waals surface area contributed by atoms with Crippen molar-refractivity contribution in [1.29, 1.82) is 0 Å². The molecule has 2 amide bonds. The van der Waals surface area contributed by atoms with Crippen LogP contribution in [0.1, 0.15) is 5.56 Å². The summed E-state index contributed by atoms with van der Waals surface area (Å²) >= 11 is 11.1. The average molecular weight is 575 g/mol. The number of rotatable bonds is 6. The van der Waals surface area contributed by atoms with Crippen molar-refractivity contribution in [3.8, 4) is 11.5 Å². The minimum Gasteiger partial charge on any atom is -0.457 e. The number of hydrogen-bond acceptors (Lipinski definition) is 6. The predicted octanol–water partition coefficient (Wildman–Crippen LogP) is 5.80. The molecule has 0 bridgehead atoms. The van der Waals surface area contributed by atoms with Crippen LogP contribution >= 0.6 is 23.8 Å². The second-order valence-corrected chi connectivity index (χ2v) is 11.2. The zero-order valence-corrected chi connectivity index (χ0v) is 22.5. The lowest BCUT2D eigenvalue weighted by molar-refractivity contribution is -0.122. The lowest BCUT2D eigenvalue weighted by Crippen LogP contribution is -2.54. The van der Waals surface area contributed by atoms with Crippen LogP contribution in [0, 0.1) is 0 Å². The standard InChI is InChI=1S/C29H19ClN2O5S2/c30-20-8-16-25(17-9-20)39(35,36)24-14-6-19(7-15-24)18-26-27(33)31-29(38)32(28(26)34)21-10-12-23(13-11-21)37-22-4-2-1-3-5-22/h1-18H,(H,31,33,38). The molecule has 10 heteroatoms. The van der Waals surface area contributed by atoms with E-state index in [1.807, 2.05) is 30.3 Å². The molecule has 7 nitrogen and oxygen atoms in total. The van der Waals surface area contributed by atoms with E-state index >= 15 is 0 Å². The molecule has 39 heavy (non-hydrogen) atoms. The molecule has 4 aromatic carbocycles. The van der Waals surface area contributed by atoms with Crippen molar-refractivity contribution >= 4 is 62.3 Å². The number of ether oxygens (including phenoxy) is 1. The molecular weight excluding hydrogens is 556 g/mol. The lowest BCUT2D eigenvalue weighted by atomic mass is 10.1. The number of hydrogen-bond donors (Lipinski definition) is 1. The number of sulfone groups is 1. The molecule has 0 saturated carbocycles. The van der Waals surface area contributed by atoms with Gasteiger partial charge in [0.05, 0.1) is 15.5 Å². The Hall–Kier alpha value is -4.31. The Morgan fingerprint density at radius 3 is 1.95 bits per heavy atom. The smallest absolute Gasteiger partial charge is 0.270 e. The predicted molar refractivity (Wildman–Crippen MR) is 153 cm³/mol. The van der Waals surface area contributed by atoms with Crippen molar-refractivity contribution in [1.82, 2.24) is 5.32 Å². The van der Waals surface area contributed by atoms with Gasteiger partial charge in [0.25, 0.3) is 11.8 Å². The molecule has 0 aliphatic carbocycles. The van der Waals surface area contributed by atoms with Gasteiger partial charge in [0.2, 0.25) is 9.84 Å². The van der Waals surface area contributed by atoms with Crippen molar-refractivity contribution in [2.24, 2.45) is 0 Å². The quantitative estimate of drug-likeness (QED) is 0.178. The molecule has 0 aromatic heterocycles. The number of para-hydroxylation sites is 1. The van der Waals surface area contributed by atoms with Gasteiger partial charge in [-0.25, -0.2) is 8.42 Å². The molecule has 0 radical (unpaired) electrons. The normalized spacial score (nSPS) is 14.8. The van der Waals surface area contributed by atoms with E-state index in [9.17, 15) is 18.0 Å². The van der Waals surface area contributed by atoms with Crippen molar-refractivity contribution in [3.63, 3.8) is 0 Å². The second kappa shape index (κ2) is 10.8. The number of nitrogens with zero attached hydrogens (tertiary/aromatic N) is 1. The van der Waals surface area contributed by atoms with Crippen LogP contribution in [0.3, 0.4) is 0 Å². The van der Waals surface area contributed by atoms with Gasteiger partial charge in [-0.2, -0.15) is 0 Å². The minimum absolute atomic E-state index is 0.0525. The Morgan fingerprint density at radius 2 is 1.33 bits per heavy atom. The SMILES string of the molecule is O=C1NC(=S)N(c2ccc(Oc3ccccc3)cc2)C(=O)C1=Cc1ccc(S(=O)(=O)c2ccc(Cl)cc2)cc1. The zero-order chi connectivity index (χ0) is 27.6. The second-order valence-electron chi connectivity index (χ2n) is 8.39. The minimum atomic E-state index is -3.76. The molecular formula is C29H19ClN2O5S2. The summed E-state index contributed by atoms with van der Waals surface area (Å²) in [5.41, 5.74) is 0.755. The van der Waals surface area contributed by atoms with Gasteiger partial charge in [0, 0.05) is 5.02 Å². The summed E-state index contributed by atoms with van der Waals surface area (Å²) in [7, 11) is -3.76. The summed E-state index contributed by atoms with van der Waals surface area (Å²) < 4.78 is 31.6. The summed E-state index contributed by atoms with van der Waals surface area (Å²) in [4.78, 5) is 27.4. The Bertz CT molecular complexity index is 1700. The van der Waals surface area contributed by atoms with Crippen molar-refractivity contribution in [3.05, 3.63) is 119 Å². The van der Waals surface area contributed by atoms with Gasteiger partial charge in [-0.05, 0) is 96.7 Å². The number of carbonyl (C=O) groups is 2. The first-order valence-electron chi connectivity index (χ1n) is 11.6. The highest BCUT2D eigenvalue weighted by Crippen LogP contribution is 2.28. The third kappa shape index (κ3) is 5.61. The Morgan fingerprint density at radius 1 is 0.769 bits per heavy atom. The van der Waals surface area contributed by atoms with Crippen LogP contribution in [0.25, 0.3) is 6.08 Å². The molecule has 1 aliphatic heterocycles. The Labute approximate surface area is 235 Å². The fourth-order valence-electron chi connectivity index (χ4n) is 3.84. The van der Waals surface area contributed by atoms with Gasteiger partial charge >= 0.3 is 0 Å². The number of halogens is 1. The average Bonchev–Trinajstić information content (AvgIpc) is 2.93. The van der Waals surface area contributed by atoms with Gasteiger partial charge in [-0.1, -0.05) is 41.9 Å². The Balaban J connectivity index is 1.38. The third-order valence-electron chi connectivity index (χ3n) is 5.80. The monoisotopic (exact) mass is 574 g/mol. The molecule has 0 unspecified atom stereocenters. The molecule has 1 saturated heterocycles. The zero-order valence-electron chi connectivity index (χ0n) is 20.1. The molecule has 1 aliphatic rings. The van der Waals surface area contributed by atoms with E-state index in [-0.39, 0.29) is 20.5 Å². The number of amides is 2. The maximum atomic E-state index is 13.3. The van der Waals surface area contributed by atoms with Crippen molar-refractivity contribution in [2.45, 2.75) is 9.79 Å². The van der Waals surface area contributed by atoms with E-state index < -0.39 is 21.7 Å². The fraction of sp³-hybridized carbons (Fsp3) is 0. The first-order chi connectivity index (χ1) is 18.7.